The Balaban J connectivity index is 1.60. The van der Waals surface area contributed by atoms with Crippen LogP contribution in [0.15, 0.2) is 47.4 Å². The molecule has 148 valence electrons. The molecule has 0 radical (unpaired) electrons. The Hall–Kier alpha value is -1.96. The molecule has 0 unspecified atom stereocenters. The summed E-state index contributed by atoms with van der Waals surface area (Å²) in [5, 5.41) is 0.267. The van der Waals surface area contributed by atoms with Gasteiger partial charge in [-0.2, -0.15) is 0 Å². The largest absolute Gasteiger partial charge is 0.331 e. The molecule has 5 nitrogen and oxygen atoms in total. The summed E-state index contributed by atoms with van der Waals surface area (Å²) in [6.07, 6.45) is 3.32. The summed E-state index contributed by atoms with van der Waals surface area (Å²) in [5.41, 5.74) is 0.529. The van der Waals surface area contributed by atoms with Gasteiger partial charge in [-0.15, -0.1) is 0 Å². The summed E-state index contributed by atoms with van der Waals surface area (Å²) in [5.74, 6) is -0.791. The second kappa shape index (κ2) is 7.46. The Labute approximate surface area is 168 Å². The molecule has 0 bridgehead atoms. The number of carbonyl (C=O) groups excluding carboxylic acids is 1. The predicted molar refractivity (Wildman–Crippen MR) is 104 cm³/mol. The van der Waals surface area contributed by atoms with Gasteiger partial charge in [-0.3, -0.25) is 4.79 Å². The molecule has 0 atom stereocenters. The van der Waals surface area contributed by atoms with Gasteiger partial charge in [0, 0.05) is 28.2 Å². The van der Waals surface area contributed by atoms with Gasteiger partial charge in [0.2, 0.25) is 10.0 Å². The van der Waals surface area contributed by atoms with E-state index in [1.54, 1.807) is 23.1 Å². The minimum Gasteiger partial charge on any atom is -0.331 e. The highest BCUT2D eigenvalue weighted by Gasteiger charge is 2.34. The highest BCUT2D eigenvalue weighted by Crippen LogP contribution is 2.32. The summed E-state index contributed by atoms with van der Waals surface area (Å²) in [6.45, 7) is 0.0479. The van der Waals surface area contributed by atoms with E-state index < -0.39 is 15.8 Å². The van der Waals surface area contributed by atoms with Gasteiger partial charge in [-0.05, 0) is 56.0 Å². The zero-order chi connectivity index (χ0) is 19.9. The third-order valence-corrected chi connectivity index (χ3v) is 6.80. The molecule has 0 heterocycles. The number of rotatable bonds is 7. The highest BCUT2D eigenvalue weighted by molar-refractivity contribution is 7.89. The van der Waals surface area contributed by atoms with Crippen LogP contribution in [0.4, 0.5) is 4.39 Å². The molecule has 0 saturated heterocycles. The molecule has 2 aromatic rings. The van der Waals surface area contributed by atoms with Crippen LogP contribution in [0.5, 0.6) is 0 Å². The fourth-order valence-corrected chi connectivity index (χ4v) is 4.63. The fourth-order valence-electron chi connectivity index (χ4n) is 3.06. The van der Waals surface area contributed by atoms with Crippen LogP contribution in [0.3, 0.4) is 0 Å². The van der Waals surface area contributed by atoms with Crippen LogP contribution >= 0.6 is 11.6 Å². The fraction of sp³-hybridized carbons (Fsp3) is 0.350. The lowest BCUT2D eigenvalue weighted by Gasteiger charge is -2.23. The Kier molecular flexibility index (Phi) is 5.16. The van der Waals surface area contributed by atoms with Crippen LogP contribution in [0.2, 0.25) is 5.02 Å². The molecular formula is C20H20ClFN2O3S. The van der Waals surface area contributed by atoms with E-state index in [4.69, 9.17) is 11.6 Å². The summed E-state index contributed by atoms with van der Waals surface area (Å²) in [4.78, 5) is 14.7. The zero-order valence-electron chi connectivity index (χ0n) is 15.1. The van der Waals surface area contributed by atoms with Gasteiger partial charge < -0.3 is 4.90 Å². The molecule has 1 amide bonds. The van der Waals surface area contributed by atoms with E-state index in [1.807, 2.05) is 0 Å². The van der Waals surface area contributed by atoms with Crippen LogP contribution in [-0.4, -0.2) is 31.3 Å². The van der Waals surface area contributed by atoms with Crippen LogP contribution in [0.1, 0.15) is 41.6 Å². The quantitative estimate of drug-likeness (QED) is 0.739. The number of hydrogen-bond donors (Lipinski definition) is 1. The van der Waals surface area contributed by atoms with E-state index in [0.29, 0.717) is 0 Å². The molecule has 2 aliphatic carbocycles. The number of carbonyl (C=O) groups is 1. The zero-order valence-corrected chi connectivity index (χ0v) is 16.6. The van der Waals surface area contributed by atoms with Gasteiger partial charge >= 0.3 is 0 Å². The van der Waals surface area contributed by atoms with Crippen molar-refractivity contribution in [1.29, 1.82) is 0 Å². The topological polar surface area (TPSA) is 66.5 Å². The first-order valence-electron chi connectivity index (χ1n) is 9.21. The molecule has 1 N–H and O–H groups in total. The van der Waals surface area contributed by atoms with Crippen molar-refractivity contribution in [3.05, 3.63) is 64.4 Å². The van der Waals surface area contributed by atoms with Crippen molar-refractivity contribution in [3.63, 3.8) is 0 Å². The lowest BCUT2D eigenvalue weighted by atomic mass is 10.1. The number of amides is 1. The predicted octanol–water partition coefficient (Wildman–Crippen LogP) is 3.72. The van der Waals surface area contributed by atoms with E-state index in [0.717, 1.165) is 25.7 Å². The maximum Gasteiger partial charge on any atom is 0.254 e. The minimum absolute atomic E-state index is 0.00743. The Morgan fingerprint density at radius 1 is 1.14 bits per heavy atom. The molecule has 4 rings (SSSR count). The SMILES string of the molecule is O=C(c1cccc(S(=O)(=O)NC2CC2)c1)N(Cc1c(F)cccc1Cl)C1CC1. The number of nitrogens with one attached hydrogen (secondary N) is 1. The van der Waals surface area contributed by atoms with Crippen molar-refractivity contribution in [2.45, 2.75) is 49.2 Å². The van der Waals surface area contributed by atoms with Crippen LogP contribution in [0, 0.1) is 5.82 Å². The van der Waals surface area contributed by atoms with E-state index in [1.165, 1.54) is 24.3 Å². The molecule has 2 aromatic carbocycles. The van der Waals surface area contributed by atoms with Gasteiger partial charge in [0.25, 0.3) is 5.91 Å². The van der Waals surface area contributed by atoms with Crippen molar-refractivity contribution in [2.24, 2.45) is 0 Å². The number of halogens is 2. The minimum atomic E-state index is -3.66. The highest BCUT2D eigenvalue weighted by atomic mass is 35.5. The summed E-state index contributed by atoms with van der Waals surface area (Å²) in [6, 6.07) is 10.4. The van der Waals surface area contributed by atoms with Crippen LogP contribution in [0.25, 0.3) is 0 Å². The molecule has 2 aliphatic rings. The summed E-state index contributed by atoms with van der Waals surface area (Å²) >= 11 is 6.12. The second-order valence-corrected chi connectivity index (χ2v) is 9.41. The normalized spacial score (nSPS) is 16.8. The van der Waals surface area contributed by atoms with Gasteiger partial charge in [0.1, 0.15) is 5.82 Å². The summed E-state index contributed by atoms with van der Waals surface area (Å²) < 4.78 is 41.7. The molecule has 0 spiro atoms. The third-order valence-electron chi connectivity index (χ3n) is 4.93. The molecule has 28 heavy (non-hydrogen) atoms. The van der Waals surface area contributed by atoms with E-state index in [2.05, 4.69) is 4.72 Å². The number of sulfonamides is 1. The number of hydrogen-bond acceptors (Lipinski definition) is 3. The molecule has 8 heteroatoms. The number of benzene rings is 2. The van der Waals surface area contributed by atoms with E-state index in [-0.39, 0.29) is 45.6 Å². The maximum absolute atomic E-state index is 14.2. The standard InChI is InChI=1S/C20H20ClFN2O3S/c21-18-5-2-6-19(22)17(18)12-24(15-9-10-15)20(25)13-3-1-4-16(11-13)28(26,27)23-14-7-8-14/h1-6,11,14-15,23H,7-10,12H2. The monoisotopic (exact) mass is 422 g/mol. The van der Waals surface area contributed by atoms with E-state index in [9.17, 15) is 17.6 Å². The molecule has 0 aliphatic heterocycles. The third kappa shape index (κ3) is 4.21. The van der Waals surface area contributed by atoms with Gasteiger partial charge in [-0.1, -0.05) is 23.7 Å². The average Bonchev–Trinajstić information content (AvgIpc) is 3.56. The van der Waals surface area contributed by atoms with Gasteiger partial charge in [-0.25, -0.2) is 17.5 Å². The van der Waals surface area contributed by atoms with Crippen LogP contribution in [-0.2, 0) is 16.6 Å². The van der Waals surface area contributed by atoms with Crippen molar-refractivity contribution >= 4 is 27.5 Å². The smallest absolute Gasteiger partial charge is 0.254 e. The van der Waals surface area contributed by atoms with Crippen molar-refractivity contribution < 1.29 is 17.6 Å². The van der Waals surface area contributed by atoms with Crippen LogP contribution < -0.4 is 4.72 Å². The van der Waals surface area contributed by atoms with Gasteiger partial charge in [0.15, 0.2) is 0 Å². The first-order valence-corrected chi connectivity index (χ1v) is 11.1. The van der Waals surface area contributed by atoms with Crippen molar-refractivity contribution in [1.82, 2.24) is 9.62 Å². The molecule has 2 saturated carbocycles. The lowest BCUT2D eigenvalue weighted by Crippen LogP contribution is -2.33. The molecular weight excluding hydrogens is 403 g/mol. The Morgan fingerprint density at radius 3 is 2.50 bits per heavy atom. The summed E-state index contributed by atoms with van der Waals surface area (Å²) in [7, 11) is -3.66. The number of nitrogens with zero attached hydrogens (tertiary/aromatic N) is 1. The first kappa shape index (κ1) is 19.4. The maximum atomic E-state index is 14.2. The lowest BCUT2D eigenvalue weighted by molar-refractivity contribution is 0.0728. The Morgan fingerprint density at radius 2 is 1.86 bits per heavy atom. The van der Waals surface area contributed by atoms with Crippen molar-refractivity contribution in [2.75, 3.05) is 0 Å². The van der Waals surface area contributed by atoms with Gasteiger partial charge in [0.05, 0.1) is 11.4 Å². The molecule has 0 aromatic heterocycles. The average molecular weight is 423 g/mol. The Bertz CT molecular complexity index is 1000. The first-order chi connectivity index (χ1) is 13.3. The molecule has 2 fully saturated rings. The van der Waals surface area contributed by atoms with E-state index >= 15 is 0 Å². The second-order valence-electron chi connectivity index (χ2n) is 7.29. The van der Waals surface area contributed by atoms with Crippen molar-refractivity contribution in [3.8, 4) is 0 Å².